The molecule has 0 bridgehead atoms. The van der Waals surface area contributed by atoms with Crippen molar-refractivity contribution in [3.05, 3.63) is 84.4 Å². The van der Waals surface area contributed by atoms with Gasteiger partial charge in [0.25, 0.3) is 0 Å². The molecule has 6 nitrogen and oxygen atoms in total. The first-order valence-electron chi connectivity index (χ1n) is 7.96. The second-order valence-corrected chi connectivity index (χ2v) is 5.77. The Morgan fingerprint density at radius 2 is 1.14 bits per heavy atom. The van der Waals surface area contributed by atoms with Crippen molar-refractivity contribution in [1.29, 1.82) is 0 Å². The third kappa shape index (κ3) is 6.51. The van der Waals surface area contributed by atoms with Crippen LogP contribution in [-0.4, -0.2) is 11.9 Å². The van der Waals surface area contributed by atoms with Crippen LogP contribution in [0.1, 0.15) is 20.7 Å². The fourth-order valence-corrected chi connectivity index (χ4v) is 2.35. The molecule has 0 aliphatic rings. The molecule has 2 aromatic heterocycles. The van der Waals surface area contributed by atoms with Gasteiger partial charge in [-0.15, -0.1) is 0 Å². The number of hydrogen-bond donors (Lipinski definition) is 0. The maximum atomic E-state index is 12.3. The van der Waals surface area contributed by atoms with Crippen LogP contribution in [0, 0.1) is 0 Å². The quantitative estimate of drug-likeness (QED) is 0.172. The Hall–Kier alpha value is -2.08. The van der Waals surface area contributed by atoms with Crippen LogP contribution in [0.4, 0.5) is 0 Å². The zero-order chi connectivity index (χ0) is 18.5. The van der Waals surface area contributed by atoms with Gasteiger partial charge in [-0.2, -0.15) is 0 Å². The van der Waals surface area contributed by atoms with E-state index in [-0.39, 0.29) is 59.1 Å². The van der Waals surface area contributed by atoms with Crippen LogP contribution in [-0.2, 0) is 14.1 Å². The van der Waals surface area contributed by atoms with Crippen molar-refractivity contribution in [2.75, 3.05) is 0 Å². The monoisotopic (exact) mass is 604 g/mol. The fraction of sp³-hybridized carbons (Fsp3) is 0.100. The molecule has 0 spiro atoms. The maximum Gasteiger partial charge on any atom is 0.343 e. The molecule has 3 rings (SSSR count). The van der Waals surface area contributed by atoms with Crippen LogP contribution in [0.15, 0.2) is 73.3 Å². The SMILES string of the molecule is C[n+]1cccc(OC(=O)c2cccc(C(=O)Oc3ccc[n+](C)c3)c2)c1.[I-].[I-]. The molecule has 1 aromatic carbocycles. The molecule has 28 heavy (non-hydrogen) atoms. The molecule has 0 N–H and O–H groups in total. The molecular weight excluding hydrogens is 586 g/mol. The van der Waals surface area contributed by atoms with Crippen molar-refractivity contribution in [3.63, 3.8) is 0 Å². The largest absolute Gasteiger partial charge is 1.00 e. The van der Waals surface area contributed by atoms with Crippen LogP contribution in [0.5, 0.6) is 11.5 Å². The van der Waals surface area contributed by atoms with Crippen molar-refractivity contribution >= 4 is 11.9 Å². The highest BCUT2D eigenvalue weighted by Crippen LogP contribution is 2.14. The van der Waals surface area contributed by atoms with E-state index in [1.165, 1.54) is 6.07 Å². The summed E-state index contributed by atoms with van der Waals surface area (Å²) in [6, 6.07) is 13.2. The lowest BCUT2D eigenvalue weighted by Gasteiger charge is -2.06. The van der Waals surface area contributed by atoms with E-state index in [0.717, 1.165) is 0 Å². The molecular formula is C20H18I2N2O4. The van der Waals surface area contributed by atoms with Crippen LogP contribution in [0.2, 0.25) is 0 Å². The molecule has 2 heterocycles. The van der Waals surface area contributed by atoms with Crippen LogP contribution < -0.4 is 66.6 Å². The number of pyridine rings is 2. The van der Waals surface area contributed by atoms with Gasteiger partial charge >= 0.3 is 11.9 Å². The van der Waals surface area contributed by atoms with Gasteiger partial charge in [0.05, 0.1) is 11.1 Å². The number of ether oxygens (including phenoxy) is 2. The Bertz CT molecular complexity index is 905. The van der Waals surface area contributed by atoms with Crippen molar-refractivity contribution < 1.29 is 76.2 Å². The summed E-state index contributed by atoms with van der Waals surface area (Å²) in [7, 11) is 3.66. The lowest BCUT2D eigenvalue weighted by molar-refractivity contribution is -0.671. The first-order valence-corrected chi connectivity index (χ1v) is 7.96. The minimum Gasteiger partial charge on any atom is -1.00 e. The van der Waals surface area contributed by atoms with Gasteiger partial charge in [0, 0.05) is 12.1 Å². The van der Waals surface area contributed by atoms with Gasteiger partial charge in [-0.1, -0.05) is 6.07 Å². The van der Waals surface area contributed by atoms with Gasteiger partial charge in [0.15, 0.2) is 23.9 Å². The minimum absolute atomic E-state index is 0. The van der Waals surface area contributed by atoms with Crippen molar-refractivity contribution in [3.8, 4) is 11.5 Å². The zero-order valence-electron chi connectivity index (χ0n) is 15.2. The topological polar surface area (TPSA) is 60.4 Å². The number of rotatable bonds is 4. The molecule has 0 amide bonds. The third-order valence-electron chi connectivity index (χ3n) is 3.58. The number of nitrogens with zero attached hydrogens (tertiary/aromatic N) is 2. The Kier molecular flexibility index (Phi) is 9.46. The summed E-state index contributed by atoms with van der Waals surface area (Å²) in [4.78, 5) is 24.6. The molecule has 0 saturated carbocycles. The van der Waals surface area contributed by atoms with Gasteiger partial charge < -0.3 is 57.4 Å². The number of halogens is 2. The van der Waals surface area contributed by atoms with Crippen LogP contribution >= 0.6 is 0 Å². The van der Waals surface area contributed by atoms with Gasteiger partial charge in [-0.3, -0.25) is 0 Å². The van der Waals surface area contributed by atoms with Crippen molar-refractivity contribution in [1.82, 2.24) is 0 Å². The summed E-state index contributed by atoms with van der Waals surface area (Å²) in [5.74, 6) is -0.247. The van der Waals surface area contributed by atoms with E-state index in [4.69, 9.17) is 9.47 Å². The van der Waals surface area contributed by atoms with Gasteiger partial charge in [-0.05, 0) is 30.3 Å². The molecule has 3 aromatic rings. The number of benzene rings is 1. The van der Waals surface area contributed by atoms with E-state index < -0.39 is 11.9 Å². The second kappa shape index (κ2) is 11.1. The maximum absolute atomic E-state index is 12.3. The predicted octanol–water partition coefficient (Wildman–Crippen LogP) is -4.22. The summed E-state index contributed by atoms with van der Waals surface area (Å²) in [6.07, 6.45) is 7.03. The summed E-state index contributed by atoms with van der Waals surface area (Å²) in [6.45, 7) is 0. The average Bonchev–Trinajstić information content (AvgIpc) is 2.62. The number of carbonyl (C=O) groups is 2. The summed E-state index contributed by atoms with van der Waals surface area (Å²) < 4.78 is 14.2. The Morgan fingerprint density at radius 1 is 0.714 bits per heavy atom. The van der Waals surface area contributed by atoms with Crippen molar-refractivity contribution in [2.45, 2.75) is 0 Å². The Morgan fingerprint density at radius 3 is 1.54 bits per heavy atom. The van der Waals surface area contributed by atoms with E-state index in [1.54, 1.807) is 64.0 Å². The zero-order valence-corrected chi connectivity index (χ0v) is 19.5. The first-order chi connectivity index (χ1) is 12.5. The molecule has 0 atom stereocenters. The molecule has 146 valence electrons. The molecule has 0 radical (unpaired) electrons. The Labute approximate surface area is 197 Å². The average molecular weight is 604 g/mol. The molecule has 0 saturated heterocycles. The van der Waals surface area contributed by atoms with Crippen molar-refractivity contribution in [2.24, 2.45) is 14.1 Å². The van der Waals surface area contributed by atoms with Crippen LogP contribution in [0.3, 0.4) is 0 Å². The standard InChI is InChI=1S/C20H18N2O4.2HI/c1-21-10-4-8-17(13-21)25-19(23)15-6-3-7-16(12-15)20(24)26-18-9-5-11-22(2)14-18;;/h3-14H,1-2H3;2*1H/q+2;;/p-2. The van der Waals surface area contributed by atoms with Gasteiger partial charge in [0.2, 0.25) is 12.4 Å². The number of esters is 2. The Balaban J connectivity index is 0.00000196. The normalized spacial score (nSPS) is 9.50. The molecule has 8 heteroatoms. The van der Waals surface area contributed by atoms with Gasteiger partial charge in [-0.25, -0.2) is 18.7 Å². The number of aromatic nitrogens is 2. The summed E-state index contributed by atoms with van der Waals surface area (Å²) >= 11 is 0. The highest BCUT2D eigenvalue weighted by atomic mass is 127. The second-order valence-electron chi connectivity index (χ2n) is 5.77. The lowest BCUT2D eigenvalue weighted by atomic mass is 10.1. The van der Waals surface area contributed by atoms with E-state index >= 15 is 0 Å². The highest BCUT2D eigenvalue weighted by Gasteiger charge is 2.15. The molecule has 0 unspecified atom stereocenters. The number of aryl methyl sites for hydroxylation is 2. The van der Waals surface area contributed by atoms with Crippen LogP contribution in [0.25, 0.3) is 0 Å². The molecule has 0 aliphatic heterocycles. The fourth-order valence-electron chi connectivity index (χ4n) is 2.35. The van der Waals surface area contributed by atoms with E-state index in [2.05, 4.69) is 0 Å². The predicted molar refractivity (Wildman–Crippen MR) is 91.6 cm³/mol. The van der Waals surface area contributed by atoms with Gasteiger partial charge in [0.1, 0.15) is 14.1 Å². The van der Waals surface area contributed by atoms with E-state index in [0.29, 0.717) is 11.5 Å². The van der Waals surface area contributed by atoms with E-state index in [9.17, 15) is 9.59 Å². The van der Waals surface area contributed by atoms with E-state index in [1.807, 2.05) is 26.5 Å². The number of carbonyl (C=O) groups excluding carboxylic acids is 2. The first kappa shape index (κ1) is 24.0. The molecule has 0 fully saturated rings. The minimum atomic E-state index is -0.544. The highest BCUT2D eigenvalue weighted by molar-refractivity contribution is 5.96. The summed E-state index contributed by atoms with van der Waals surface area (Å²) in [5, 5.41) is 0. The third-order valence-corrected chi connectivity index (χ3v) is 3.58. The smallest absolute Gasteiger partial charge is 0.343 e. The number of hydrogen-bond acceptors (Lipinski definition) is 4. The summed E-state index contributed by atoms with van der Waals surface area (Å²) in [5.41, 5.74) is 0.536. The lowest BCUT2D eigenvalue weighted by Crippen LogP contribution is -3.00. The molecule has 0 aliphatic carbocycles.